The van der Waals surface area contributed by atoms with Crippen molar-refractivity contribution in [1.29, 1.82) is 0 Å². The van der Waals surface area contributed by atoms with Crippen LogP contribution in [0.3, 0.4) is 0 Å². The monoisotopic (exact) mass is 350 g/mol. The van der Waals surface area contributed by atoms with E-state index in [0.29, 0.717) is 0 Å². The van der Waals surface area contributed by atoms with E-state index in [1.54, 1.807) is 0 Å². The van der Waals surface area contributed by atoms with Gasteiger partial charge in [0.15, 0.2) is 0 Å². The molecule has 1 nitrogen and oxygen atoms in total. The molecule has 0 aliphatic heterocycles. The van der Waals surface area contributed by atoms with E-state index >= 15 is 0 Å². The molecule has 13 heteroatoms. The SMILES string of the molecule is FC(F)(F)C(OC(C(F)(F)F)C(F)(F)Cl)C(F)(F)Cl. The number of alkyl halides is 12. The molecule has 0 aromatic carbocycles. The summed E-state index contributed by atoms with van der Waals surface area (Å²) in [5.41, 5.74) is 0. The zero-order chi connectivity index (χ0) is 15.9. The average Bonchev–Trinajstić information content (AvgIpc) is 1.91. The van der Waals surface area contributed by atoms with Crippen molar-refractivity contribution >= 4 is 23.2 Å². The highest BCUT2D eigenvalue weighted by atomic mass is 35.5. The summed E-state index contributed by atoms with van der Waals surface area (Å²) >= 11 is 7.79. The fraction of sp³-hybridized carbons (Fsp3) is 1.00. The third-order valence-corrected chi connectivity index (χ3v) is 1.86. The number of hydrogen-bond donors (Lipinski definition) is 0. The Morgan fingerprint density at radius 3 is 0.895 bits per heavy atom. The molecule has 0 rings (SSSR count). The predicted molar refractivity (Wildman–Crippen MR) is 42.4 cm³/mol. The van der Waals surface area contributed by atoms with E-state index in [1.165, 1.54) is 0 Å². The Balaban J connectivity index is 5.43. The van der Waals surface area contributed by atoms with Crippen LogP contribution in [0.5, 0.6) is 0 Å². The van der Waals surface area contributed by atoms with E-state index in [0.717, 1.165) is 0 Å². The summed E-state index contributed by atoms with van der Waals surface area (Å²) in [6.07, 6.45) is -21.5. The molecule has 116 valence electrons. The van der Waals surface area contributed by atoms with E-state index in [2.05, 4.69) is 27.9 Å². The molecule has 0 aliphatic carbocycles. The highest BCUT2D eigenvalue weighted by Gasteiger charge is 2.64. The molecule has 19 heavy (non-hydrogen) atoms. The lowest BCUT2D eigenvalue weighted by atomic mass is 10.3. The minimum atomic E-state index is -6.13. The van der Waals surface area contributed by atoms with Gasteiger partial charge in [-0.15, -0.1) is 0 Å². The molecule has 0 amide bonds. The minimum absolute atomic E-state index is 2.69. The van der Waals surface area contributed by atoms with Crippen LogP contribution in [0.2, 0.25) is 0 Å². The van der Waals surface area contributed by atoms with Gasteiger partial charge < -0.3 is 4.74 Å². The average molecular weight is 351 g/mol. The second kappa shape index (κ2) is 5.32. The topological polar surface area (TPSA) is 9.23 Å². The molecule has 0 fully saturated rings. The summed E-state index contributed by atoms with van der Waals surface area (Å²) in [6.45, 7) is 0. The summed E-state index contributed by atoms with van der Waals surface area (Å²) in [5.74, 6) is 0. The van der Waals surface area contributed by atoms with Gasteiger partial charge in [0.1, 0.15) is 0 Å². The van der Waals surface area contributed by atoms with Crippen molar-refractivity contribution in [2.75, 3.05) is 0 Å². The molecule has 2 atom stereocenters. The first-order valence-electron chi connectivity index (χ1n) is 3.89. The molecule has 0 saturated carbocycles. The molecule has 0 saturated heterocycles. The second-order valence-electron chi connectivity index (χ2n) is 3.06. The fourth-order valence-electron chi connectivity index (χ4n) is 0.816. The van der Waals surface area contributed by atoms with Crippen LogP contribution in [-0.4, -0.2) is 35.3 Å². The molecule has 0 bridgehead atoms. The lowest BCUT2D eigenvalue weighted by molar-refractivity contribution is -0.335. The van der Waals surface area contributed by atoms with Gasteiger partial charge in [-0.3, -0.25) is 0 Å². The van der Waals surface area contributed by atoms with Crippen molar-refractivity contribution < 1.29 is 48.6 Å². The summed E-state index contributed by atoms with van der Waals surface area (Å²) in [4.78, 5) is 0. The van der Waals surface area contributed by atoms with Gasteiger partial charge in [0.05, 0.1) is 0 Å². The lowest BCUT2D eigenvalue weighted by Crippen LogP contribution is -2.53. The van der Waals surface area contributed by atoms with Crippen LogP contribution in [0.25, 0.3) is 0 Å². The van der Waals surface area contributed by atoms with Gasteiger partial charge in [-0.25, -0.2) is 0 Å². The Hall–Kier alpha value is -0.160. The van der Waals surface area contributed by atoms with Crippen LogP contribution in [0, 0.1) is 0 Å². The largest absolute Gasteiger partial charge is 0.421 e. The van der Waals surface area contributed by atoms with E-state index in [1.807, 2.05) is 0 Å². The molecule has 0 aromatic rings. The summed E-state index contributed by atoms with van der Waals surface area (Å²) in [5, 5.41) is -10.8. The Morgan fingerprint density at radius 2 is 0.789 bits per heavy atom. The van der Waals surface area contributed by atoms with Gasteiger partial charge in [-0.1, -0.05) is 0 Å². The maximum absolute atomic E-state index is 12.3. The van der Waals surface area contributed by atoms with E-state index < -0.39 is 35.3 Å². The molecule has 0 aromatic heterocycles. The van der Waals surface area contributed by atoms with Crippen LogP contribution in [-0.2, 0) is 4.74 Å². The highest BCUT2D eigenvalue weighted by molar-refractivity contribution is 6.22. The number of rotatable bonds is 4. The number of hydrogen-bond acceptors (Lipinski definition) is 1. The zero-order valence-electron chi connectivity index (χ0n) is 8.10. The molecule has 0 N–H and O–H groups in total. The Morgan fingerprint density at radius 1 is 0.579 bits per heavy atom. The Bertz CT molecular complexity index is 241. The standard InChI is InChI=1S/C6H2Cl2F10O/c7-3(9,10)1(5(13,14)15)19-2(4(8,11)12)6(16,17)18/h1-2H. The van der Waals surface area contributed by atoms with Gasteiger partial charge >= 0.3 is 23.1 Å². The Kier molecular flexibility index (Phi) is 5.27. The molecule has 2 unspecified atom stereocenters. The van der Waals surface area contributed by atoms with Crippen molar-refractivity contribution in [1.82, 2.24) is 0 Å². The van der Waals surface area contributed by atoms with E-state index in [4.69, 9.17) is 0 Å². The maximum atomic E-state index is 12.3. The number of ether oxygens (including phenoxy) is 1. The highest BCUT2D eigenvalue weighted by Crippen LogP contribution is 2.44. The molecule has 0 heterocycles. The minimum Gasteiger partial charge on any atom is -0.342 e. The van der Waals surface area contributed by atoms with Crippen LogP contribution in [0.1, 0.15) is 0 Å². The van der Waals surface area contributed by atoms with Crippen molar-refractivity contribution in [3.05, 3.63) is 0 Å². The first-order valence-corrected chi connectivity index (χ1v) is 4.65. The van der Waals surface area contributed by atoms with Crippen LogP contribution < -0.4 is 0 Å². The maximum Gasteiger partial charge on any atom is 0.421 e. The predicted octanol–water partition coefficient (Wildman–Crippen LogP) is 4.53. The first-order chi connectivity index (χ1) is 7.97. The van der Waals surface area contributed by atoms with Crippen LogP contribution >= 0.6 is 23.2 Å². The van der Waals surface area contributed by atoms with Gasteiger partial charge in [-0.2, -0.15) is 43.9 Å². The molecular formula is C6H2Cl2F10O. The molecule has 0 radical (unpaired) electrons. The van der Waals surface area contributed by atoms with E-state index in [-0.39, 0.29) is 0 Å². The summed E-state index contributed by atoms with van der Waals surface area (Å²) in [7, 11) is 0. The zero-order valence-corrected chi connectivity index (χ0v) is 9.61. The summed E-state index contributed by atoms with van der Waals surface area (Å²) < 4.78 is 124. The Labute approximate surface area is 108 Å². The van der Waals surface area contributed by atoms with E-state index in [9.17, 15) is 43.9 Å². The normalized spacial score (nSPS) is 18.3. The smallest absolute Gasteiger partial charge is 0.342 e. The van der Waals surface area contributed by atoms with Crippen molar-refractivity contribution in [2.24, 2.45) is 0 Å². The summed E-state index contributed by atoms with van der Waals surface area (Å²) in [6, 6.07) is 0. The fourth-order valence-corrected chi connectivity index (χ4v) is 1.17. The van der Waals surface area contributed by atoms with Gasteiger partial charge in [0.2, 0.25) is 12.2 Å². The third kappa shape index (κ3) is 5.78. The lowest BCUT2D eigenvalue weighted by Gasteiger charge is -2.31. The van der Waals surface area contributed by atoms with Crippen LogP contribution in [0.4, 0.5) is 43.9 Å². The first kappa shape index (κ1) is 18.8. The van der Waals surface area contributed by atoms with Crippen molar-refractivity contribution in [3.8, 4) is 0 Å². The van der Waals surface area contributed by atoms with Crippen molar-refractivity contribution in [2.45, 2.75) is 35.3 Å². The molecular weight excluding hydrogens is 349 g/mol. The van der Waals surface area contributed by atoms with Crippen LogP contribution in [0.15, 0.2) is 0 Å². The quantitative estimate of drug-likeness (QED) is 0.534. The van der Waals surface area contributed by atoms with Gasteiger partial charge in [0.25, 0.3) is 0 Å². The van der Waals surface area contributed by atoms with Gasteiger partial charge in [0, 0.05) is 0 Å². The number of halogens is 12. The third-order valence-electron chi connectivity index (χ3n) is 1.46. The van der Waals surface area contributed by atoms with Crippen molar-refractivity contribution in [3.63, 3.8) is 0 Å². The second-order valence-corrected chi connectivity index (χ2v) is 4.07. The molecule has 0 spiro atoms. The molecule has 0 aliphatic rings. The van der Waals surface area contributed by atoms with Gasteiger partial charge in [-0.05, 0) is 23.2 Å².